The zero-order valence-corrected chi connectivity index (χ0v) is 18.9. The van der Waals surface area contributed by atoms with E-state index in [0.717, 1.165) is 15.9 Å². The Labute approximate surface area is 186 Å². The molecule has 4 rings (SSSR count). The van der Waals surface area contributed by atoms with Crippen molar-refractivity contribution in [2.24, 2.45) is 5.14 Å². The largest absolute Gasteiger partial charge is 0.322 e. The highest BCUT2D eigenvalue weighted by molar-refractivity contribution is 7.93. The van der Waals surface area contributed by atoms with Crippen LogP contribution >= 0.6 is 0 Å². The lowest BCUT2D eigenvalue weighted by Crippen LogP contribution is -2.45. The van der Waals surface area contributed by atoms with E-state index in [1.807, 2.05) is 6.92 Å². The molecule has 3 aromatic carbocycles. The van der Waals surface area contributed by atoms with Crippen molar-refractivity contribution < 1.29 is 21.6 Å². The molecule has 1 aliphatic heterocycles. The van der Waals surface area contributed by atoms with Crippen LogP contribution in [0.25, 0.3) is 0 Å². The Morgan fingerprint density at radius 1 is 0.906 bits per heavy atom. The van der Waals surface area contributed by atoms with Crippen LogP contribution in [0, 0.1) is 13.8 Å². The standard InChI is InChI=1S/C22H21N3O5S2/c1-14-8-11-20(15(2)12-14)32(29,30)25-19-10-9-17(31(23,27)28)13-18(19)24-22(26)21(25)16-6-4-3-5-7-16/h3-13,21H,1-2H3,(H,24,26)(H2,23,27,28). The second-order valence-electron chi connectivity index (χ2n) is 7.60. The second kappa shape index (κ2) is 7.73. The summed E-state index contributed by atoms with van der Waals surface area (Å²) in [4.78, 5) is 13.0. The number of amides is 1. The molecule has 3 aromatic rings. The van der Waals surface area contributed by atoms with Crippen molar-refractivity contribution in [3.8, 4) is 0 Å². The van der Waals surface area contributed by atoms with E-state index in [-0.39, 0.29) is 21.2 Å². The van der Waals surface area contributed by atoms with Crippen molar-refractivity contribution in [1.82, 2.24) is 0 Å². The Kier molecular flexibility index (Phi) is 5.32. The molecule has 0 radical (unpaired) electrons. The molecule has 1 unspecified atom stereocenters. The second-order valence-corrected chi connectivity index (χ2v) is 10.9. The molecular formula is C22H21N3O5S2. The number of carbonyl (C=O) groups excluding carboxylic acids is 1. The quantitative estimate of drug-likeness (QED) is 0.605. The van der Waals surface area contributed by atoms with Gasteiger partial charge in [-0.05, 0) is 49.2 Å². The number of sulfonamides is 2. The molecule has 3 N–H and O–H groups in total. The van der Waals surface area contributed by atoms with Gasteiger partial charge in [-0.3, -0.25) is 4.79 Å². The van der Waals surface area contributed by atoms with Crippen LogP contribution in [0.5, 0.6) is 0 Å². The van der Waals surface area contributed by atoms with Crippen LogP contribution in [-0.2, 0) is 24.8 Å². The summed E-state index contributed by atoms with van der Waals surface area (Å²) in [7, 11) is -8.26. The van der Waals surface area contributed by atoms with Gasteiger partial charge in [0.2, 0.25) is 10.0 Å². The SMILES string of the molecule is Cc1ccc(S(=O)(=O)N2c3ccc(S(N)(=O)=O)cc3NC(=O)C2c2ccccc2)c(C)c1. The number of fused-ring (bicyclic) bond motifs is 1. The topological polar surface area (TPSA) is 127 Å². The Bertz CT molecular complexity index is 1440. The van der Waals surface area contributed by atoms with Gasteiger partial charge in [-0.2, -0.15) is 0 Å². The first-order chi connectivity index (χ1) is 15.0. The number of nitrogens with one attached hydrogen (secondary N) is 1. The van der Waals surface area contributed by atoms with Crippen LogP contribution in [0.2, 0.25) is 0 Å². The third-order valence-electron chi connectivity index (χ3n) is 5.26. The van der Waals surface area contributed by atoms with E-state index in [1.165, 1.54) is 18.2 Å². The van der Waals surface area contributed by atoms with Crippen LogP contribution < -0.4 is 14.8 Å². The molecule has 0 aromatic heterocycles. The minimum Gasteiger partial charge on any atom is -0.322 e. The number of nitrogens with zero attached hydrogens (tertiary/aromatic N) is 1. The maximum absolute atomic E-state index is 13.9. The van der Waals surface area contributed by atoms with Gasteiger partial charge in [-0.25, -0.2) is 26.3 Å². The van der Waals surface area contributed by atoms with Crippen LogP contribution in [0.1, 0.15) is 22.7 Å². The fraction of sp³-hybridized carbons (Fsp3) is 0.136. The predicted molar refractivity (Wildman–Crippen MR) is 121 cm³/mol. The third-order valence-corrected chi connectivity index (χ3v) is 8.11. The lowest BCUT2D eigenvalue weighted by Gasteiger charge is -2.37. The molecule has 1 amide bonds. The normalized spacial score (nSPS) is 16.4. The van der Waals surface area contributed by atoms with E-state index in [9.17, 15) is 21.6 Å². The van der Waals surface area contributed by atoms with Crippen molar-refractivity contribution >= 4 is 37.3 Å². The van der Waals surface area contributed by atoms with Crippen LogP contribution in [0.15, 0.2) is 76.5 Å². The zero-order valence-electron chi connectivity index (χ0n) is 17.3. The minimum atomic E-state index is -4.21. The average Bonchev–Trinajstić information content (AvgIpc) is 2.72. The lowest BCUT2D eigenvalue weighted by atomic mass is 10.0. The summed E-state index contributed by atoms with van der Waals surface area (Å²) in [5.41, 5.74) is 2.09. The number of aryl methyl sites for hydroxylation is 2. The molecule has 1 aliphatic rings. The number of anilines is 2. The van der Waals surface area contributed by atoms with E-state index < -0.39 is 32.0 Å². The van der Waals surface area contributed by atoms with E-state index in [0.29, 0.717) is 11.1 Å². The molecule has 8 nitrogen and oxygen atoms in total. The molecule has 0 aliphatic carbocycles. The summed E-state index contributed by atoms with van der Waals surface area (Å²) in [5.74, 6) is -0.608. The summed E-state index contributed by atoms with van der Waals surface area (Å²) in [5, 5.41) is 7.85. The Hall–Kier alpha value is -3.21. The van der Waals surface area contributed by atoms with Gasteiger partial charge >= 0.3 is 0 Å². The maximum Gasteiger partial charge on any atom is 0.265 e. The lowest BCUT2D eigenvalue weighted by molar-refractivity contribution is -0.117. The van der Waals surface area contributed by atoms with Crippen LogP contribution in [0.3, 0.4) is 0 Å². The molecule has 10 heteroatoms. The number of hydrogen-bond donors (Lipinski definition) is 2. The molecule has 166 valence electrons. The van der Waals surface area contributed by atoms with Crippen LogP contribution in [-0.4, -0.2) is 22.7 Å². The summed E-state index contributed by atoms with van der Waals surface area (Å²) in [6, 6.07) is 16.0. The Balaban J connectivity index is 1.99. The first-order valence-corrected chi connectivity index (χ1v) is 12.6. The molecule has 0 saturated heterocycles. The third kappa shape index (κ3) is 3.77. The molecule has 1 heterocycles. The number of carbonyl (C=O) groups is 1. The number of benzene rings is 3. The van der Waals surface area contributed by atoms with Gasteiger partial charge in [0.1, 0.15) is 6.04 Å². The number of rotatable bonds is 4. The van der Waals surface area contributed by atoms with Gasteiger partial charge in [0.25, 0.3) is 15.9 Å². The number of nitrogens with two attached hydrogens (primary N) is 1. The average molecular weight is 472 g/mol. The first kappa shape index (κ1) is 22.0. The van der Waals surface area contributed by atoms with Crippen LogP contribution in [0.4, 0.5) is 11.4 Å². The van der Waals surface area contributed by atoms with Gasteiger partial charge in [-0.1, -0.05) is 48.0 Å². The van der Waals surface area contributed by atoms with Gasteiger partial charge < -0.3 is 5.32 Å². The van der Waals surface area contributed by atoms with Gasteiger partial charge in [-0.15, -0.1) is 0 Å². The van der Waals surface area contributed by atoms with Crippen molar-refractivity contribution in [2.45, 2.75) is 29.7 Å². The van der Waals surface area contributed by atoms with E-state index >= 15 is 0 Å². The summed E-state index contributed by atoms with van der Waals surface area (Å²) < 4.78 is 52.4. The highest BCUT2D eigenvalue weighted by atomic mass is 32.2. The smallest absolute Gasteiger partial charge is 0.265 e. The molecule has 0 bridgehead atoms. The summed E-state index contributed by atoms with van der Waals surface area (Å²) in [6.45, 7) is 3.54. The minimum absolute atomic E-state index is 0.0436. The molecule has 0 spiro atoms. The van der Waals surface area contributed by atoms with Crippen molar-refractivity contribution in [1.29, 1.82) is 0 Å². The molecule has 32 heavy (non-hydrogen) atoms. The van der Waals surface area contributed by atoms with Crippen molar-refractivity contribution in [3.63, 3.8) is 0 Å². The fourth-order valence-electron chi connectivity index (χ4n) is 3.82. The van der Waals surface area contributed by atoms with Gasteiger partial charge in [0, 0.05) is 0 Å². The zero-order chi connectivity index (χ0) is 23.3. The summed E-state index contributed by atoms with van der Waals surface area (Å²) >= 11 is 0. The number of primary sulfonamides is 1. The van der Waals surface area contributed by atoms with E-state index in [2.05, 4.69) is 5.32 Å². The summed E-state index contributed by atoms with van der Waals surface area (Å²) in [6.07, 6.45) is 0. The Morgan fingerprint density at radius 2 is 1.59 bits per heavy atom. The van der Waals surface area contributed by atoms with E-state index in [1.54, 1.807) is 49.4 Å². The molecular weight excluding hydrogens is 450 g/mol. The van der Waals surface area contributed by atoms with Crippen molar-refractivity contribution in [2.75, 3.05) is 9.62 Å². The van der Waals surface area contributed by atoms with E-state index in [4.69, 9.17) is 5.14 Å². The highest BCUT2D eigenvalue weighted by Crippen LogP contribution is 2.43. The number of hydrogen-bond acceptors (Lipinski definition) is 5. The first-order valence-electron chi connectivity index (χ1n) is 9.64. The van der Waals surface area contributed by atoms with Gasteiger partial charge in [0.05, 0.1) is 21.2 Å². The molecule has 0 saturated carbocycles. The molecule has 0 fully saturated rings. The Morgan fingerprint density at radius 3 is 2.22 bits per heavy atom. The fourth-order valence-corrected chi connectivity index (χ4v) is 6.19. The van der Waals surface area contributed by atoms with Crippen molar-refractivity contribution in [3.05, 3.63) is 83.4 Å². The maximum atomic E-state index is 13.9. The van der Waals surface area contributed by atoms with Gasteiger partial charge in [0.15, 0.2) is 0 Å². The molecule has 1 atom stereocenters. The monoisotopic (exact) mass is 471 g/mol. The highest BCUT2D eigenvalue weighted by Gasteiger charge is 2.42. The predicted octanol–water partition coefficient (Wildman–Crippen LogP) is 2.84.